The van der Waals surface area contributed by atoms with Crippen LogP contribution >= 0.6 is 0 Å². The first-order valence-corrected chi connectivity index (χ1v) is 7.71. The maximum absolute atomic E-state index is 12.4. The Morgan fingerprint density at radius 2 is 1.96 bits per heavy atom. The number of halogens is 2. The van der Waals surface area contributed by atoms with Gasteiger partial charge in [0.15, 0.2) is 11.5 Å². The third-order valence-electron chi connectivity index (χ3n) is 3.63. The van der Waals surface area contributed by atoms with Gasteiger partial charge in [-0.2, -0.15) is 8.78 Å². The summed E-state index contributed by atoms with van der Waals surface area (Å²) < 4.78 is 34.0. The summed E-state index contributed by atoms with van der Waals surface area (Å²) in [5.41, 5.74) is 0.889. The van der Waals surface area contributed by atoms with Crippen LogP contribution < -0.4 is 20.1 Å². The van der Waals surface area contributed by atoms with E-state index in [-0.39, 0.29) is 29.3 Å². The summed E-state index contributed by atoms with van der Waals surface area (Å²) in [6.07, 6.45) is 0. The third kappa shape index (κ3) is 5.03. The quantitative estimate of drug-likeness (QED) is 0.538. The predicted octanol–water partition coefficient (Wildman–Crippen LogP) is 3.18. The normalized spacial score (nSPS) is 10.4. The number of amides is 1. The van der Waals surface area contributed by atoms with Crippen LogP contribution in [0, 0.1) is 10.1 Å². The number of rotatable bonds is 8. The van der Waals surface area contributed by atoms with Crippen LogP contribution in [0.25, 0.3) is 0 Å². The predicted molar refractivity (Wildman–Crippen MR) is 93.4 cm³/mol. The SMILES string of the molecule is CNc1ccc([N+](=O)[O-])cc1C(=O)NCc1ccc(OC(F)F)c(OC)c1. The Kier molecular flexibility index (Phi) is 6.47. The van der Waals surface area contributed by atoms with E-state index in [4.69, 9.17) is 4.74 Å². The lowest BCUT2D eigenvalue weighted by Crippen LogP contribution is -2.24. The van der Waals surface area contributed by atoms with Crippen LogP contribution in [-0.4, -0.2) is 31.6 Å². The van der Waals surface area contributed by atoms with Crippen molar-refractivity contribution in [2.75, 3.05) is 19.5 Å². The summed E-state index contributed by atoms with van der Waals surface area (Å²) >= 11 is 0. The van der Waals surface area contributed by atoms with E-state index >= 15 is 0 Å². The molecule has 2 aromatic carbocycles. The fraction of sp³-hybridized carbons (Fsp3) is 0.235. The van der Waals surface area contributed by atoms with E-state index < -0.39 is 17.4 Å². The number of nitro groups is 1. The van der Waals surface area contributed by atoms with Gasteiger partial charge in [0.1, 0.15) is 0 Å². The minimum absolute atomic E-state index is 0.0516. The molecule has 0 aromatic heterocycles. The van der Waals surface area contributed by atoms with Gasteiger partial charge in [0.05, 0.1) is 17.6 Å². The Hall–Kier alpha value is -3.43. The lowest BCUT2D eigenvalue weighted by atomic mass is 10.1. The molecule has 0 heterocycles. The molecule has 0 unspecified atom stereocenters. The number of nitro benzene ring substituents is 1. The Labute approximate surface area is 153 Å². The molecule has 0 aliphatic carbocycles. The Morgan fingerprint density at radius 1 is 1.22 bits per heavy atom. The van der Waals surface area contributed by atoms with Gasteiger partial charge in [-0.1, -0.05) is 6.07 Å². The molecular weight excluding hydrogens is 364 g/mol. The maximum atomic E-state index is 12.4. The Balaban J connectivity index is 2.16. The highest BCUT2D eigenvalue weighted by Crippen LogP contribution is 2.29. The average molecular weight is 381 g/mol. The number of benzene rings is 2. The molecule has 0 aliphatic heterocycles. The summed E-state index contributed by atoms with van der Waals surface area (Å²) in [4.78, 5) is 22.7. The van der Waals surface area contributed by atoms with Gasteiger partial charge in [0.2, 0.25) is 0 Å². The topological polar surface area (TPSA) is 103 Å². The molecule has 2 rings (SSSR count). The molecule has 10 heteroatoms. The van der Waals surface area contributed by atoms with E-state index in [1.165, 1.54) is 43.5 Å². The van der Waals surface area contributed by atoms with Crippen LogP contribution in [0.1, 0.15) is 15.9 Å². The molecule has 0 radical (unpaired) electrons. The highest BCUT2D eigenvalue weighted by Gasteiger charge is 2.17. The highest BCUT2D eigenvalue weighted by molar-refractivity contribution is 6.00. The van der Waals surface area contributed by atoms with Gasteiger partial charge in [-0.15, -0.1) is 0 Å². The second kappa shape index (κ2) is 8.79. The summed E-state index contributed by atoms with van der Waals surface area (Å²) in [5, 5.41) is 16.3. The molecule has 0 aliphatic rings. The van der Waals surface area contributed by atoms with Crippen molar-refractivity contribution in [3.8, 4) is 11.5 Å². The Morgan fingerprint density at radius 3 is 2.56 bits per heavy atom. The average Bonchev–Trinajstić information content (AvgIpc) is 2.65. The van der Waals surface area contributed by atoms with E-state index in [1.54, 1.807) is 7.05 Å². The molecule has 144 valence electrons. The molecule has 2 aromatic rings. The largest absolute Gasteiger partial charge is 0.493 e. The molecule has 8 nitrogen and oxygen atoms in total. The number of alkyl halides is 2. The smallest absolute Gasteiger partial charge is 0.387 e. The molecule has 0 saturated heterocycles. The van der Waals surface area contributed by atoms with Crippen molar-refractivity contribution in [1.82, 2.24) is 5.32 Å². The zero-order valence-corrected chi connectivity index (χ0v) is 14.5. The van der Waals surface area contributed by atoms with Gasteiger partial charge in [-0.3, -0.25) is 14.9 Å². The molecule has 0 spiro atoms. The number of carbonyl (C=O) groups excluding carboxylic acids is 1. The van der Waals surface area contributed by atoms with Gasteiger partial charge in [-0.25, -0.2) is 0 Å². The van der Waals surface area contributed by atoms with Crippen molar-refractivity contribution < 1.29 is 28.0 Å². The van der Waals surface area contributed by atoms with E-state index in [2.05, 4.69) is 15.4 Å². The Bertz CT molecular complexity index is 845. The molecular formula is C17H17F2N3O5. The number of nitrogens with zero attached hydrogens (tertiary/aromatic N) is 1. The number of ether oxygens (including phenoxy) is 2. The number of anilines is 1. The maximum Gasteiger partial charge on any atom is 0.387 e. The zero-order valence-electron chi connectivity index (χ0n) is 14.5. The van der Waals surface area contributed by atoms with Crippen LogP contribution in [0.5, 0.6) is 11.5 Å². The lowest BCUT2D eigenvalue weighted by molar-refractivity contribution is -0.384. The standard InChI is InChI=1S/C17H17F2N3O5/c1-20-13-5-4-11(22(24)25)8-12(13)16(23)21-9-10-3-6-14(27-17(18)19)15(7-10)26-2/h3-8,17,20H,9H2,1-2H3,(H,21,23). The van der Waals surface area contributed by atoms with Crippen molar-refractivity contribution in [1.29, 1.82) is 0 Å². The fourth-order valence-corrected chi connectivity index (χ4v) is 2.34. The van der Waals surface area contributed by atoms with Crippen LogP contribution in [-0.2, 0) is 6.54 Å². The van der Waals surface area contributed by atoms with Crippen LogP contribution in [0.3, 0.4) is 0 Å². The summed E-state index contributed by atoms with van der Waals surface area (Å²) in [7, 11) is 2.89. The zero-order chi connectivity index (χ0) is 20.0. The van der Waals surface area contributed by atoms with Gasteiger partial charge < -0.3 is 20.1 Å². The van der Waals surface area contributed by atoms with Crippen molar-refractivity contribution in [3.05, 3.63) is 57.6 Å². The molecule has 27 heavy (non-hydrogen) atoms. The fourth-order valence-electron chi connectivity index (χ4n) is 2.34. The lowest BCUT2D eigenvalue weighted by Gasteiger charge is -2.13. The second-order valence-corrected chi connectivity index (χ2v) is 5.28. The van der Waals surface area contributed by atoms with Crippen LogP contribution in [0.4, 0.5) is 20.2 Å². The van der Waals surface area contributed by atoms with Gasteiger partial charge in [0.25, 0.3) is 11.6 Å². The molecule has 2 N–H and O–H groups in total. The number of carbonyl (C=O) groups is 1. The van der Waals surface area contributed by atoms with Crippen molar-refractivity contribution in [3.63, 3.8) is 0 Å². The number of nitrogens with one attached hydrogen (secondary N) is 2. The first-order chi connectivity index (χ1) is 12.8. The van der Waals surface area contributed by atoms with Crippen molar-refractivity contribution >= 4 is 17.3 Å². The van der Waals surface area contributed by atoms with Gasteiger partial charge in [-0.05, 0) is 23.8 Å². The van der Waals surface area contributed by atoms with Crippen LogP contribution in [0.2, 0.25) is 0 Å². The number of methoxy groups -OCH3 is 1. The summed E-state index contributed by atoms with van der Waals surface area (Å²) in [5.74, 6) is -0.568. The molecule has 0 fully saturated rings. The molecule has 1 amide bonds. The van der Waals surface area contributed by atoms with Crippen molar-refractivity contribution in [2.24, 2.45) is 0 Å². The summed E-state index contributed by atoms with van der Waals surface area (Å²) in [6.45, 7) is -2.94. The van der Waals surface area contributed by atoms with Crippen molar-refractivity contribution in [2.45, 2.75) is 13.2 Å². The van der Waals surface area contributed by atoms with E-state index in [0.717, 1.165) is 0 Å². The molecule has 0 atom stereocenters. The first kappa shape index (κ1) is 19.9. The number of hydrogen-bond acceptors (Lipinski definition) is 6. The third-order valence-corrected chi connectivity index (χ3v) is 3.63. The highest BCUT2D eigenvalue weighted by atomic mass is 19.3. The van der Waals surface area contributed by atoms with Gasteiger partial charge >= 0.3 is 6.61 Å². The molecule has 0 saturated carbocycles. The second-order valence-electron chi connectivity index (χ2n) is 5.28. The number of non-ortho nitro benzene ring substituents is 1. The van der Waals surface area contributed by atoms with Crippen LogP contribution in [0.15, 0.2) is 36.4 Å². The van der Waals surface area contributed by atoms with E-state index in [1.807, 2.05) is 0 Å². The van der Waals surface area contributed by atoms with E-state index in [0.29, 0.717) is 11.3 Å². The number of hydrogen-bond donors (Lipinski definition) is 2. The first-order valence-electron chi connectivity index (χ1n) is 7.71. The molecule has 0 bridgehead atoms. The monoisotopic (exact) mass is 381 g/mol. The minimum atomic E-state index is -2.99. The summed E-state index contributed by atoms with van der Waals surface area (Å²) in [6, 6.07) is 8.14. The van der Waals surface area contributed by atoms with E-state index in [9.17, 15) is 23.7 Å². The van der Waals surface area contributed by atoms with Gasteiger partial charge in [0, 0.05) is 31.4 Å². The minimum Gasteiger partial charge on any atom is -0.493 e.